The van der Waals surface area contributed by atoms with E-state index in [1.165, 1.54) is 11.8 Å². The van der Waals surface area contributed by atoms with Gasteiger partial charge < -0.3 is 9.67 Å². The number of carboxylic acid groups (broad SMARTS) is 1. The highest BCUT2D eigenvalue weighted by molar-refractivity contribution is 7.99. The Morgan fingerprint density at radius 3 is 2.89 bits per heavy atom. The summed E-state index contributed by atoms with van der Waals surface area (Å²) in [5.74, 6) is -0.174. The van der Waals surface area contributed by atoms with Gasteiger partial charge in [0.2, 0.25) is 0 Å². The van der Waals surface area contributed by atoms with Gasteiger partial charge in [-0.25, -0.2) is 4.98 Å². The van der Waals surface area contributed by atoms with Crippen LogP contribution in [-0.4, -0.2) is 42.6 Å². The molecule has 1 rings (SSSR count). The van der Waals surface area contributed by atoms with E-state index in [2.05, 4.69) is 4.98 Å². The van der Waals surface area contributed by atoms with Crippen molar-refractivity contribution >= 4 is 28.5 Å². The molecule has 1 aromatic rings. The van der Waals surface area contributed by atoms with Crippen LogP contribution in [0.2, 0.25) is 0 Å². The molecule has 0 aliphatic rings. The van der Waals surface area contributed by atoms with Crippen LogP contribution < -0.4 is 0 Å². The summed E-state index contributed by atoms with van der Waals surface area (Å²) >= 11 is 1.23. The third kappa shape index (κ3) is 4.81. The summed E-state index contributed by atoms with van der Waals surface area (Å²) in [4.78, 5) is 14.8. The molecule has 0 aromatic carbocycles. The van der Waals surface area contributed by atoms with Gasteiger partial charge in [0.25, 0.3) is 0 Å². The van der Waals surface area contributed by atoms with E-state index in [0.717, 1.165) is 30.2 Å². The van der Waals surface area contributed by atoms with E-state index < -0.39 is 16.8 Å². The van der Waals surface area contributed by atoms with Gasteiger partial charge in [0.1, 0.15) is 0 Å². The Balaban J connectivity index is 2.68. The lowest BCUT2D eigenvalue weighted by Gasteiger charge is -2.09. The van der Waals surface area contributed by atoms with E-state index in [0.29, 0.717) is 5.75 Å². The lowest BCUT2D eigenvalue weighted by atomic mass is 10.3. The van der Waals surface area contributed by atoms with Gasteiger partial charge in [0.15, 0.2) is 5.16 Å². The Morgan fingerprint density at radius 2 is 2.33 bits per heavy atom. The van der Waals surface area contributed by atoms with E-state index in [-0.39, 0.29) is 5.75 Å². The number of aryl methyl sites for hydroxylation is 1. The van der Waals surface area contributed by atoms with Crippen LogP contribution in [0.15, 0.2) is 11.4 Å². The molecule has 0 aliphatic carbocycles. The van der Waals surface area contributed by atoms with E-state index in [1.807, 2.05) is 11.5 Å². The first-order valence-corrected chi connectivity index (χ1v) is 8.45. The van der Waals surface area contributed by atoms with Gasteiger partial charge in [-0.3, -0.25) is 9.00 Å². The van der Waals surface area contributed by atoms with Gasteiger partial charge in [-0.2, -0.15) is 0 Å². The molecule has 5 nitrogen and oxygen atoms in total. The summed E-state index contributed by atoms with van der Waals surface area (Å²) in [7, 11) is -0.788. The highest BCUT2D eigenvalue weighted by Gasteiger charge is 2.10. The first-order chi connectivity index (χ1) is 8.54. The number of carboxylic acids is 1. The third-order valence-corrected chi connectivity index (χ3v) is 4.24. The van der Waals surface area contributed by atoms with Gasteiger partial charge in [-0.15, -0.1) is 0 Å². The maximum absolute atomic E-state index is 11.0. The number of imidazole rings is 1. The normalized spacial score (nSPS) is 12.6. The average Bonchev–Trinajstić information content (AvgIpc) is 2.68. The van der Waals surface area contributed by atoms with Crippen molar-refractivity contribution in [3.8, 4) is 0 Å². The van der Waals surface area contributed by atoms with Crippen LogP contribution in [0.1, 0.15) is 19.0 Å². The number of aromatic nitrogens is 2. The van der Waals surface area contributed by atoms with Gasteiger partial charge in [0.05, 0.1) is 5.75 Å². The fourth-order valence-electron chi connectivity index (χ4n) is 1.58. The van der Waals surface area contributed by atoms with Crippen LogP contribution >= 0.6 is 11.8 Å². The van der Waals surface area contributed by atoms with Gasteiger partial charge >= 0.3 is 5.97 Å². The van der Waals surface area contributed by atoms with Crippen molar-refractivity contribution in [1.29, 1.82) is 0 Å². The first-order valence-electron chi connectivity index (χ1n) is 5.73. The zero-order valence-electron chi connectivity index (χ0n) is 10.6. The molecule has 0 bridgehead atoms. The summed E-state index contributed by atoms with van der Waals surface area (Å²) in [5, 5.41) is 9.41. The fourth-order valence-corrected chi connectivity index (χ4v) is 2.86. The molecule has 0 saturated heterocycles. The van der Waals surface area contributed by atoms with E-state index >= 15 is 0 Å². The van der Waals surface area contributed by atoms with Crippen molar-refractivity contribution < 1.29 is 14.1 Å². The minimum Gasteiger partial charge on any atom is -0.481 e. The molecule has 102 valence electrons. The molecular formula is C11H18N2O3S2. The predicted molar refractivity (Wildman–Crippen MR) is 73.5 cm³/mol. The second kappa shape index (κ2) is 7.58. The molecule has 0 fully saturated rings. The first kappa shape index (κ1) is 15.2. The maximum Gasteiger partial charge on any atom is 0.313 e. The third-order valence-electron chi connectivity index (χ3n) is 2.40. The van der Waals surface area contributed by atoms with E-state index in [9.17, 15) is 9.00 Å². The van der Waals surface area contributed by atoms with Crippen LogP contribution in [-0.2, 0) is 28.6 Å². The lowest BCUT2D eigenvalue weighted by molar-refractivity contribution is -0.133. The van der Waals surface area contributed by atoms with Crippen LogP contribution in [0.4, 0.5) is 0 Å². The molecule has 1 N–H and O–H groups in total. The molecule has 1 unspecified atom stereocenters. The summed E-state index contributed by atoms with van der Waals surface area (Å²) in [6, 6.07) is 0. The number of thioether (sulfide) groups is 1. The summed E-state index contributed by atoms with van der Waals surface area (Å²) in [5.41, 5.74) is 1.09. The second-order valence-electron chi connectivity index (χ2n) is 3.85. The van der Waals surface area contributed by atoms with Crippen molar-refractivity contribution in [3.63, 3.8) is 0 Å². The quantitative estimate of drug-likeness (QED) is 0.733. The number of hydrogen-bond donors (Lipinski definition) is 1. The van der Waals surface area contributed by atoms with Crippen molar-refractivity contribution in [3.05, 3.63) is 11.9 Å². The molecule has 7 heteroatoms. The molecule has 1 heterocycles. The Labute approximate surface area is 113 Å². The van der Waals surface area contributed by atoms with E-state index in [1.54, 1.807) is 12.5 Å². The average molecular weight is 290 g/mol. The Hall–Kier alpha value is -0.820. The maximum atomic E-state index is 11.0. The van der Waals surface area contributed by atoms with Crippen molar-refractivity contribution in [2.75, 3.05) is 17.8 Å². The molecule has 1 aromatic heterocycles. The Bertz CT molecular complexity index is 432. The second-order valence-corrected chi connectivity index (χ2v) is 6.35. The summed E-state index contributed by atoms with van der Waals surface area (Å²) in [6.07, 6.45) is 5.14. The predicted octanol–water partition coefficient (Wildman–Crippen LogP) is 1.39. The van der Waals surface area contributed by atoms with Crippen LogP contribution in [0.3, 0.4) is 0 Å². The molecule has 0 radical (unpaired) electrons. The number of aliphatic carboxylic acids is 1. The highest BCUT2D eigenvalue weighted by Crippen LogP contribution is 2.19. The molecule has 0 spiro atoms. The van der Waals surface area contributed by atoms with Crippen LogP contribution in [0.5, 0.6) is 0 Å². The zero-order chi connectivity index (χ0) is 13.5. The smallest absolute Gasteiger partial charge is 0.313 e. The number of hydrogen-bond acceptors (Lipinski definition) is 4. The molecule has 18 heavy (non-hydrogen) atoms. The molecule has 0 aliphatic heterocycles. The largest absolute Gasteiger partial charge is 0.481 e. The van der Waals surface area contributed by atoms with Crippen molar-refractivity contribution in [2.24, 2.45) is 0 Å². The lowest BCUT2D eigenvalue weighted by Crippen LogP contribution is -2.08. The topological polar surface area (TPSA) is 72.2 Å². The molecule has 0 saturated carbocycles. The number of nitrogens with zero attached hydrogens (tertiary/aromatic N) is 2. The van der Waals surface area contributed by atoms with Gasteiger partial charge in [-0.05, 0) is 12.8 Å². The summed E-state index contributed by atoms with van der Waals surface area (Å²) < 4.78 is 13.1. The molecular weight excluding hydrogens is 272 g/mol. The van der Waals surface area contributed by atoms with Crippen LogP contribution in [0, 0.1) is 0 Å². The Kier molecular flexibility index (Phi) is 6.42. The van der Waals surface area contributed by atoms with Crippen molar-refractivity contribution in [1.82, 2.24) is 9.55 Å². The SMILES string of the molecule is CCc1cnc(SCC(=O)O)n1CCCS(C)=O. The standard InChI is InChI=1S/C11H18N2O3S2/c1-3-9-7-12-11(17-8-10(14)15)13(9)5-4-6-18(2)16/h7H,3-6,8H2,1-2H3,(H,14,15). The minimum absolute atomic E-state index is 0.0138. The number of carbonyl (C=O) groups is 1. The highest BCUT2D eigenvalue weighted by atomic mass is 32.2. The van der Waals surface area contributed by atoms with Gasteiger partial charge in [-0.1, -0.05) is 18.7 Å². The Morgan fingerprint density at radius 1 is 1.61 bits per heavy atom. The van der Waals surface area contributed by atoms with Crippen LogP contribution in [0.25, 0.3) is 0 Å². The summed E-state index contributed by atoms with van der Waals surface area (Å²) in [6.45, 7) is 2.78. The molecule has 1 atom stereocenters. The van der Waals surface area contributed by atoms with Gasteiger partial charge in [0, 0.05) is 41.2 Å². The number of rotatable bonds is 8. The van der Waals surface area contributed by atoms with Crippen molar-refractivity contribution in [2.45, 2.75) is 31.5 Å². The molecule has 0 amide bonds. The fraction of sp³-hybridized carbons (Fsp3) is 0.636. The van der Waals surface area contributed by atoms with E-state index in [4.69, 9.17) is 5.11 Å². The minimum atomic E-state index is -0.845. The monoisotopic (exact) mass is 290 g/mol. The zero-order valence-corrected chi connectivity index (χ0v) is 12.2.